The van der Waals surface area contributed by atoms with Gasteiger partial charge in [-0.25, -0.2) is 9.78 Å². The third-order valence-electron chi connectivity index (χ3n) is 4.94. The van der Waals surface area contributed by atoms with Crippen LogP contribution in [-0.4, -0.2) is 30.0 Å². The average molecular weight is 390 g/mol. The van der Waals surface area contributed by atoms with Crippen molar-refractivity contribution in [1.82, 2.24) is 10.3 Å². The Labute approximate surface area is 168 Å². The molecule has 148 valence electrons. The highest BCUT2D eigenvalue weighted by Crippen LogP contribution is 2.36. The Kier molecular flexibility index (Phi) is 5.42. The second-order valence-corrected chi connectivity index (χ2v) is 6.99. The highest BCUT2D eigenvalue weighted by atomic mass is 16.5. The number of benzene rings is 1. The Hall–Kier alpha value is -3.41. The van der Waals surface area contributed by atoms with Crippen LogP contribution in [0.15, 0.2) is 47.1 Å². The molecule has 0 saturated heterocycles. The summed E-state index contributed by atoms with van der Waals surface area (Å²) in [5.41, 5.74) is 4.13. The van der Waals surface area contributed by atoms with Gasteiger partial charge in [-0.3, -0.25) is 4.79 Å². The molecule has 0 unspecified atom stereocenters. The molecule has 0 bridgehead atoms. The van der Waals surface area contributed by atoms with E-state index in [-0.39, 0.29) is 25.0 Å². The minimum atomic E-state index is -0.385. The Balaban J connectivity index is 1.75. The van der Waals surface area contributed by atoms with Gasteiger partial charge in [0.25, 0.3) is 0 Å². The van der Waals surface area contributed by atoms with Crippen molar-refractivity contribution < 1.29 is 18.7 Å². The summed E-state index contributed by atoms with van der Waals surface area (Å²) in [7, 11) is 0. The maximum absolute atomic E-state index is 13.0. The van der Waals surface area contributed by atoms with Crippen LogP contribution in [0.25, 0.3) is 22.6 Å². The van der Waals surface area contributed by atoms with Crippen molar-refractivity contribution in [2.24, 2.45) is 0 Å². The number of esters is 1. The van der Waals surface area contributed by atoms with E-state index in [4.69, 9.17) is 14.1 Å². The highest BCUT2D eigenvalue weighted by Gasteiger charge is 2.26. The smallest absolute Gasteiger partial charge is 0.339 e. The SMILES string of the molecule is CC(=O)NCCOC(=O)c1c2c(nc3ccccc13)/C(=C\c1ccco1)CCC2. The fourth-order valence-electron chi connectivity index (χ4n) is 3.70. The van der Waals surface area contributed by atoms with Crippen molar-refractivity contribution in [3.05, 3.63) is 65.2 Å². The number of fused-ring (bicyclic) bond motifs is 2. The summed E-state index contributed by atoms with van der Waals surface area (Å²) in [5.74, 6) is 0.229. The predicted octanol–water partition coefficient (Wildman–Crippen LogP) is 4.00. The number of carbonyl (C=O) groups excluding carboxylic acids is 2. The zero-order chi connectivity index (χ0) is 20.2. The summed E-state index contributed by atoms with van der Waals surface area (Å²) in [5, 5.41) is 3.42. The number of furan rings is 1. The molecular weight excluding hydrogens is 368 g/mol. The summed E-state index contributed by atoms with van der Waals surface area (Å²) in [6, 6.07) is 11.4. The van der Waals surface area contributed by atoms with Gasteiger partial charge < -0.3 is 14.5 Å². The first-order valence-electron chi connectivity index (χ1n) is 9.71. The Morgan fingerprint density at radius 2 is 2.07 bits per heavy atom. The first kappa shape index (κ1) is 18.9. The van der Waals surface area contributed by atoms with Gasteiger partial charge in [0, 0.05) is 12.3 Å². The monoisotopic (exact) mass is 390 g/mol. The van der Waals surface area contributed by atoms with Gasteiger partial charge in [-0.2, -0.15) is 0 Å². The number of aromatic nitrogens is 1. The normalized spacial score (nSPS) is 14.6. The lowest BCUT2D eigenvalue weighted by atomic mass is 9.86. The van der Waals surface area contributed by atoms with E-state index in [1.54, 1.807) is 6.26 Å². The average Bonchev–Trinajstić information content (AvgIpc) is 3.22. The van der Waals surface area contributed by atoms with Crippen LogP contribution in [0.2, 0.25) is 0 Å². The Morgan fingerprint density at radius 1 is 1.21 bits per heavy atom. The molecule has 2 heterocycles. The summed E-state index contributed by atoms with van der Waals surface area (Å²) >= 11 is 0. The lowest BCUT2D eigenvalue weighted by Gasteiger charge is -2.22. The number of rotatable bonds is 5. The van der Waals surface area contributed by atoms with E-state index in [0.717, 1.165) is 52.8 Å². The number of pyridine rings is 1. The summed E-state index contributed by atoms with van der Waals surface area (Å²) in [4.78, 5) is 28.9. The van der Waals surface area contributed by atoms with Crippen LogP contribution in [0.4, 0.5) is 0 Å². The number of hydrogen-bond acceptors (Lipinski definition) is 5. The maximum Gasteiger partial charge on any atom is 0.339 e. The van der Waals surface area contributed by atoms with Crippen LogP contribution in [-0.2, 0) is 16.0 Å². The number of allylic oxidation sites excluding steroid dienone is 1. The molecule has 1 aliphatic carbocycles. The van der Waals surface area contributed by atoms with Crippen LogP contribution in [0.5, 0.6) is 0 Å². The predicted molar refractivity (Wildman–Crippen MR) is 110 cm³/mol. The minimum Gasteiger partial charge on any atom is -0.465 e. The fraction of sp³-hybridized carbons (Fsp3) is 0.261. The molecule has 0 saturated carbocycles. The van der Waals surface area contributed by atoms with Gasteiger partial charge in [-0.15, -0.1) is 0 Å². The first-order chi connectivity index (χ1) is 14.1. The number of nitrogens with one attached hydrogen (secondary N) is 1. The minimum absolute atomic E-state index is 0.124. The molecule has 0 radical (unpaired) electrons. The molecule has 1 N–H and O–H groups in total. The number of nitrogens with zero attached hydrogens (tertiary/aromatic N) is 1. The first-order valence-corrected chi connectivity index (χ1v) is 9.71. The summed E-state index contributed by atoms with van der Waals surface area (Å²) in [6.45, 7) is 1.84. The van der Waals surface area contributed by atoms with E-state index in [2.05, 4.69) is 5.32 Å². The van der Waals surface area contributed by atoms with Crippen LogP contribution in [0, 0.1) is 0 Å². The van der Waals surface area contributed by atoms with Gasteiger partial charge in [0.1, 0.15) is 12.4 Å². The summed E-state index contributed by atoms with van der Waals surface area (Å²) in [6.07, 6.45) is 6.19. The Morgan fingerprint density at radius 3 is 2.86 bits per heavy atom. The van der Waals surface area contributed by atoms with Gasteiger partial charge in [-0.1, -0.05) is 18.2 Å². The molecule has 2 aromatic heterocycles. The molecule has 0 fully saturated rings. The molecule has 1 aromatic carbocycles. The third-order valence-corrected chi connectivity index (χ3v) is 4.94. The van der Waals surface area contributed by atoms with E-state index in [1.807, 2.05) is 42.5 Å². The van der Waals surface area contributed by atoms with E-state index in [0.29, 0.717) is 5.56 Å². The third kappa shape index (κ3) is 4.06. The highest BCUT2D eigenvalue weighted by molar-refractivity contribution is 6.06. The fourth-order valence-corrected chi connectivity index (χ4v) is 3.70. The molecule has 1 amide bonds. The zero-order valence-electron chi connectivity index (χ0n) is 16.2. The second-order valence-electron chi connectivity index (χ2n) is 6.99. The van der Waals surface area contributed by atoms with Crippen molar-refractivity contribution in [3.8, 4) is 0 Å². The quantitative estimate of drug-likeness (QED) is 0.526. The topological polar surface area (TPSA) is 81.4 Å². The van der Waals surface area contributed by atoms with Crippen molar-refractivity contribution >= 4 is 34.4 Å². The standard InChI is InChI=1S/C23H22N2O4/c1-15(26)24-11-13-29-23(27)21-18-8-2-3-10-20(18)25-22-16(6-4-9-19(21)22)14-17-7-5-12-28-17/h2-3,5,7-8,10,12,14H,4,6,9,11,13H2,1H3,(H,24,26)/b16-14-. The number of para-hydroxylation sites is 1. The van der Waals surface area contributed by atoms with Crippen molar-refractivity contribution in [3.63, 3.8) is 0 Å². The number of carbonyl (C=O) groups is 2. The van der Waals surface area contributed by atoms with Crippen LogP contribution < -0.4 is 5.32 Å². The molecule has 0 aliphatic heterocycles. The Bertz CT molecular complexity index is 1080. The molecular formula is C23H22N2O4. The van der Waals surface area contributed by atoms with Gasteiger partial charge in [-0.05, 0) is 54.7 Å². The molecule has 6 heteroatoms. The second kappa shape index (κ2) is 8.31. The number of ether oxygens (including phenoxy) is 1. The van der Waals surface area contributed by atoms with Gasteiger partial charge >= 0.3 is 5.97 Å². The van der Waals surface area contributed by atoms with Crippen LogP contribution in [0.1, 0.15) is 47.1 Å². The number of hydrogen-bond donors (Lipinski definition) is 1. The largest absolute Gasteiger partial charge is 0.465 e. The molecule has 6 nitrogen and oxygen atoms in total. The number of amides is 1. The van der Waals surface area contributed by atoms with E-state index in [1.165, 1.54) is 6.92 Å². The lowest BCUT2D eigenvalue weighted by Crippen LogP contribution is -2.26. The van der Waals surface area contributed by atoms with Gasteiger partial charge in [0.05, 0.1) is 29.6 Å². The molecule has 3 aromatic rings. The van der Waals surface area contributed by atoms with Crippen LogP contribution >= 0.6 is 0 Å². The van der Waals surface area contributed by atoms with Gasteiger partial charge in [0.15, 0.2) is 0 Å². The van der Waals surface area contributed by atoms with E-state index >= 15 is 0 Å². The van der Waals surface area contributed by atoms with Crippen molar-refractivity contribution in [2.45, 2.75) is 26.2 Å². The molecule has 1 aliphatic rings. The zero-order valence-corrected chi connectivity index (χ0v) is 16.2. The van der Waals surface area contributed by atoms with Crippen molar-refractivity contribution in [2.75, 3.05) is 13.2 Å². The maximum atomic E-state index is 13.0. The molecule has 0 atom stereocenters. The van der Waals surface area contributed by atoms with E-state index < -0.39 is 0 Å². The van der Waals surface area contributed by atoms with Crippen LogP contribution in [0.3, 0.4) is 0 Å². The van der Waals surface area contributed by atoms with Crippen molar-refractivity contribution in [1.29, 1.82) is 0 Å². The van der Waals surface area contributed by atoms with Gasteiger partial charge in [0.2, 0.25) is 5.91 Å². The summed E-state index contributed by atoms with van der Waals surface area (Å²) < 4.78 is 10.9. The van der Waals surface area contributed by atoms with E-state index in [9.17, 15) is 9.59 Å². The lowest BCUT2D eigenvalue weighted by molar-refractivity contribution is -0.119. The molecule has 0 spiro atoms. The molecule has 29 heavy (non-hydrogen) atoms. The molecule has 4 rings (SSSR count).